The van der Waals surface area contributed by atoms with Gasteiger partial charge in [-0.15, -0.1) is 0 Å². The van der Waals surface area contributed by atoms with Gasteiger partial charge in [-0.25, -0.2) is 0 Å². The minimum Gasteiger partial charge on any atom is -0.496 e. The molecule has 4 aromatic rings. The lowest BCUT2D eigenvalue weighted by Gasteiger charge is -2.20. The Labute approximate surface area is 193 Å². The van der Waals surface area contributed by atoms with E-state index < -0.39 is 5.92 Å². The first-order valence-electron chi connectivity index (χ1n) is 10.9. The van der Waals surface area contributed by atoms with Crippen molar-refractivity contribution in [2.75, 3.05) is 14.2 Å². The van der Waals surface area contributed by atoms with Gasteiger partial charge in [0.1, 0.15) is 11.5 Å². The molecule has 5 rings (SSSR count). The van der Waals surface area contributed by atoms with Crippen molar-refractivity contribution in [3.8, 4) is 11.5 Å². The van der Waals surface area contributed by atoms with Crippen molar-refractivity contribution >= 4 is 16.9 Å². The van der Waals surface area contributed by atoms with E-state index in [9.17, 15) is 4.79 Å². The van der Waals surface area contributed by atoms with Gasteiger partial charge in [-0.3, -0.25) is 4.79 Å². The molecule has 0 heterocycles. The fraction of sp³-hybridized carbons (Fsp3) is 0.100. The molecule has 0 spiro atoms. The number of benzene rings is 4. The molecule has 4 aromatic carbocycles. The number of methoxy groups -OCH3 is 2. The van der Waals surface area contributed by atoms with Gasteiger partial charge in [0.15, 0.2) is 5.78 Å². The van der Waals surface area contributed by atoms with Crippen LogP contribution in [0.4, 0.5) is 0 Å². The zero-order chi connectivity index (χ0) is 22.8. The molecule has 0 aromatic heterocycles. The second-order valence-corrected chi connectivity index (χ2v) is 7.95. The standard InChI is InChI=1S/C30H24O3/c1-32-23-18-19-24(33-2)28-27(23)29(26(30(28)31)22-16-10-5-11-17-22)25(20-12-6-3-7-13-20)21-14-8-4-9-15-21/h3-19,26H,1-2H3. The number of carbonyl (C=O) groups is 1. The summed E-state index contributed by atoms with van der Waals surface area (Å²) in [5.74, 6) is 0.775. The van der Waals surface area contributed by atoms with E-state index in [-0.39, 0.29) is 5.78 Å². The van der Waals surface area contributed by atoms with Gasteiger partial charge in [-0.1, -0.05) is 91.0 Å². The van der Waals surface area contributed by atoms with Gasteiger partial charge in [0.05, 0.1) is 25.7 Å². The Kier molecular flexibility index (Phi) is 5.54. The molecule has 0 N–H and O–H groups in total. The van der Waals surface area contributed by atoms with Crippen molar-refractivity contribution in [3.05, 3.63) is 131 Å². The average Bonchev–Trinajstić information content (AvgIpc) is 3.18. The Morgan fingerprint density at radius 3 is 1.55 bits per heavy atom. The molecule has 33 heavy (non-hydrogen) atoms. The predicted molar refractivity (Wildman–Crippen MR) is 132 cm³/mol. The number of Topliss-reactive ketones (excluding diaryl/α,β-unsaturated/α-hetero) is 1. The van der Waals surface area contributed by atoms with Gasteiger partial charge in [-0.05, 0) is 40.0 Å². The highest BCUT2D eigenvalue weighted by molar-refractivity contribution is 6.24. The molecule has 3 heteroatoms. The molecule has 3 nitrogen and oxygen atoms in total. The second-order valence-electron chi connectivity index (χ2n) is 7.95. The molecule has 1 aliphatic rings. The van der Waals surface area contributed by atoms with Gasteiger partial charge in [-0.2, -0.15) is 0 Å². The second kappa shape index (κ2) is 8.79. The highest BCUT2D eigenvalue weighted by Crippen LogP contribution is 2.54. The molecular formula is C30H24O3. The smallest absolute Gasteiger partial charge is 0.179 e. The van der Waals surface area contributed by atoms with Crippen LogP contribution in [0.15, 0.2) is 103 Å². The van der Waals surface area contributed by atoms with Crippen LogP contribution in [0.25, 0.3) is 11.1 Å². The molecule has 162 valence electrons. The average molecular weight is 433 g/mol. The van der Waals surface area contributed by atoms with Crippen LogP contribution in [0.5, 0.6) is 11.5 Å². The van der Waals surface area contributed by atoms with E-state index in [1.54, 1.807) is 14.2 Å². The van der Waals surface area contributed by atoms with Gasteiger partial charge in [0, 0.05) is 5.56 Å². The maximum Gasteiger partial charge on any atom is 0.179 e. The number of allylic oxidation sites excluding steroid dienone is 1. The van der Waals surface area contributed by atoms with Crippen LogP contribution in [0.2, 0.25) is 0 Å². The number of ketones is 1. The topological polar surface area (TPSA) is 35.5 Å². The van der Waals surface area contributed by atoms with Crippen LogP contribution >= 0.6 is 0 Å². The van der Waals surface area contributed by atoms with E-state index in [0.29, 0.717) is 17.1 Å². The first kappa shape index (κ1) is 20.8. The minimum absolute atomic E-state index is 0.0197. The number of hydrogen-bond acceptors (Lipinski definition) is 3. The van der Waals surface area contributed by atoms with Crippen LogP contribution in [0.3, 0.4) is 0 Å². The molecule has 0 amide bonds. The molecule has 1 atom stereocenters. The number of carbonyl (C=O) groups excluding carboxylic acids is 1. The minimum atomic E-state index is -0.471. The monoisotopic (exact) mass is 432 g/mol. The fourth-order valence-corrected chi connectivity index (χ4v) is 4.76. The zero-order valence-electron chi connectivity index (χ0n) is 18.6. The third-order valence-electron chi connectivity index (χ3n) is 6.16. The maximum atomic E-state index is 14.1. The van der Waals surface area contributed by atoms with Gasteiger partial charge in [0.25, 0.3) is 0 Å². The lowest BCUT2D eigenvalue weighted by molar-refractivity contribution is 0.0983. The largest absolute Gasteiger partial charge is 0.496 e. The molecule has 0 saturated carbocycles. The fourth-order valence-electron chi connectivity index (χ4n) is 4.76. The molecule has 1 unspecified atom stereocenters. The number of rotatable bonds is 5. The Morgan fingerprint density at radius 2 is 1.06 bits per heavy atom. The van der Waals surface area contributed by atoms with Gasteiger partial charge < -0.3 is 9.47 Å². The first-order chi connectivity index (χ1) is 16.2. The lowest BCUT2D eigenvalue weighted by Crippen LogP contribution is -2.08. The maximum absolute atomic E-state index is 14.1. The van der Waals surface area contributed by atoms with E-state index >= 15 is 0 Å². The molecule has 0 radical (unpaired) electrons. The summed E-state index contributed by atoms with van der Waals surface area (Å²) < 4.78 is 11.5. The van der Waals surface area contributed by atoms with Gasteiger partial charge in [0.2, 0.25) is 0 Å². The zero-order valence-corrected chi connectivity index (χ0v) is 18.6. The highest BCUT2D eigenvalue weighted by Gasteiger charge is 2.42. The summed E-state index contributed by atoms with van der Waals surface area (Å²) >= 11 is 0. The highest BCUT2D eigenvalue weighted by atomic mass is 16.5. The molecule has 0 aliphatic heterocycles. The van der Waals surface area contributed by atoms with E-state index in [4.69, 9.17) is 9.47 Å². The van der Waals surface area contributed by atoms with E-state index in [2.05, 4.69) is 24.3 Å². The van der Waals surface area contributed by atoms with E-state index in [0.717, 1.165) is 33.4 Å². The summed E-state index contributed by atoms with van der Waals surface area (Å²) in [4.78, 5) is 14.1. The van der Waals surface area contributed by atoms with E-state index in [1.807, 2.05) is 78.9 Å². The summed E-state index contributed by atoms with van der Waals surface area (Å²) in [7, 11) is 3.24. The van der Waals surface area contributed by atoms with Crippen LogP contribution in [-0.2, 0) is 0 Å². The Bertz CT molecular complexity index is 1280. The Morgan fingerprint density at radius 1 is 0.606 bits per heavy atom. The number of hydrogen-bond donors (Lipinski definition) is 0. The van der Waals surface area contributed by atoms with Crippen LogP contribution < -0.4 is 9.47 Å². The molecule has 0 bridgehead atoms. The third kappa shape index (κ3) is 3.52. The Balaban J connectivity index is 1.95. The molecule has 0 fully saturated rings. The quantitative estimate of drug-likeness (QED) is 0.354. The molecule has 0 saturated heterocycles. The van der Waals surface area contributed by atoms with Gasteiger partial charge >= 0.3 is 0 Å². The van der Waals surface area contributed by atoms with Crippen LogP contribution in [0.1, 0.15) is 38.5 Å². The number of fused-ring (bicyclic) bond motifs is 1. The predicted octanol–water partition coefficient (Wildman–Crippen LogP) is 6.64. The molecule has 1 aliphatic carbocycles. The van der Waals surface area contributed by atoms with Crippen LogP contribution in [0, 0.1) is 0 Å². The number of ether oxygens (including phenoxy) is 2. The molecular weight excluding hydrogens is 408 g/mol. The van der Waals surface area contributed by atoms with Crippen molar-refractivity contribution in [2.24, 2.45) is 0 Å². The third-order valence-corrected chi connectivity index (χ3v) is 6.16. The van der Waals surface area contributed by atoms with Crippen molar-refractivity contribution in [3.63, 3.8) is 0 Å². The van der Waals surface area contributed by atoms with Crippen molar-refractivity contribution in [1.82, 2.24) is 0 Å². The van der Waals surface area contributed by atoms with E-state index in [1.165, 1.54) is 0 Å². The summed E-state index contributed by atoms with van der Waals surface area (Å²) in [6, 6.07) is 34.1. The summed E-state index contributed by atoms with van der Waals surface area (Å²) in [5, 5.41) is 0. The van der Waals surface area contributed by atoms with Crippen molar-refractivity contribution in [1.29, 1.82) is 0 Å². The van der Waals surface area contributed by atoms with Crippen molar-refractivity contribution in [2.45, 2.75) is 5.92 Å². The Hall–Kier alpha value is -4.11. The summed E-state index contributed by atoms with van der Waals surface area (Å²) in [6.45, 7) is 0. The summed E-state index contributed by atoms with van der Waals surface area (Å²) in [5.41, 5.74) is 6.37. The van der Waals surface area contributed by atoms with Crippen molar-refractivity contribution < 1.29 is 14.3 Å². The first-order valence-corrected chi connectivity index (χ1v) is 10.9. The normalized spacial score (nSPS) is 14.7. The lowest BCUT2D eigenvalue weighted by atomic mass is 9.83. The van der Waals surface area contributed by atoms with Crippen LogP contribution in [-0.4, -0.2) is 20.0 Å². The summed E-state index contributed by atoms with van der Waals surface area (Å²) in [6.07, 6.45) is 0. The SMILES string of the molecule is COc1ccc(OC)c2c1C(=O)C(c1ccccc1)C2=C(c1ccccc1)c1ccccc1.